The van der Waals surface area contributed by atoms with Crippen LogP contribution in [0.3, 0.4) is 0 Å². The summed E-state index contributed by atoms with van der Waals surface area (Å²) in [7, 11) is 3.22. The first-order chi connectivity index (χ1) is 28.4. The van der Waals surface area contributed by atoms with Crippen molar-refractivity contribution in [2.24, 2.45) is 18.9 Å². The number of fused-ring (bicyclic) bond motifs is 2. The summed E-state index contributed by atoms with van der Waals surface area (Å²) < 4.78 is 50.2. The number of likely N-dealkylation sites (tertiary alicyclic amines) is 1. The largest absolute Gasteiger partial charge is 0.494 e. The van der Waals surface area contributed by atoms with E-state index in [1.807, 2.05) is 23.0 Å². The molecule has 2 aliphatic heterocycles. The van der Waals surface area contributed by atoms with Crippen molar-refractivity contribution in [1.29, 1.82) is 0 Å². The van der Waals surface area contributed by atoms with Gasteiger partial charge in [-0.2, -0.15) is 18.3 Å². The zero-order valence-corrected chi connectivity index (χ0v) is 33.3. The number of carbonyl (C=O) groups is 3. The molecule has 0 radical (unpaired) electrons. The number of para-hydroxylation sites is 1. The molecule has 59 heavy (non-hydrogen) atoms. The zero-order chi connectivity index (χ0) is 41.4. The van der Waals surface area contributed by atoms with E-state index in [9.17, 15) is 32.3 Å². The number of carbonyl (C=O) groups excluding carboxylic acids is 3. The Hall–Kier alpha value is -5.51. The number of alkyl halides is 3. The third kappa shape index (κ3) is 8.50. The van der Waals surface area contributed by atoms with Crippen molar-refractivity contribution in [2.75, 3.05) is 32.1 Å². The molecule has 1 aliphatic carbocycles. The number of imidazole rings is 1. The first kappa shape index (κ1) is 40.3. The van der Waals surface area contributed by atoms with Gasteiger partial charge < -0.3 is 15.0 Å². The van der Waals surface area contributed by atoms with Gasteiger partial charge in [0.1, 0.15) is 23.2 Å². The van der Waals surface area contributed by atoms with Crippen LogP contribution in [0.1, 0.15) is 98.0 Å². The van der Waals surface area contributed by atoms with E-state index in [1.165, 1.54) is 26.0 Å². The van der Waals surface area contributed by atoms with Crippen LogP contribution >= 0.6 is 0 Å². The number of nitrogens with one attached hydrogen (secondary N) is 2. The number of hydrogen-bond acceptors (Lipinski definition) is 8. The van der Waals surface area contributed by atoms with Crippen LogP contribution in [0.15, 0.2) is 59.5 Å². The predicted molar refractivity (Wildman–Crippen MR) is 215 cm³/mol. The number of amides is 3. The molecule has 1 saturated carbocycles. The van der Waals surface area contributed by atoms with E-state index in [0.29, 0.717) is 35.2 Å². The molecule has 3 aliphatic rings. The van der Waals surface area contributed by atoms with Crippen LogP contribution in [0.4, 0.5) is 18.9 Å². The van der Waals surface area contributed by atoms with E-state index < -0.39 is 29.7 Å². The average molecular weight is 815 g/mol. The number of ether oxygens (including phenoxy) is 1. The zero-order valence-electron chi connectivity index (χ0n) is 33.3. The van der Waals surface area contributed by atoms with Gasteiger partial charge in [-0.25, -0.2) is 9.78 Å². The van der Waals surface area contributed by atoms with Crippen molar-refractivity contribution in [3.63, 3.8) is 0 Å². The summed E-state index contributed by atoms with van der Waals surface area (Å²) in [5.41, 5.74) is 2.00. The molecule has 16 heteroatoms. The van der Waals surface area contributed by atoms with Crippen LogP contribution < -0.4 is 21.1 Å². The van der Waals surface area contributed by atoms with Gasteiger partial charge in [-0.3, -0.25) is 33.5 Å². The number of halogens is 3. The maximum absolute atomic E-state index is 13.3. The lowest BCUT2D eigenvalue weighted by atomic mass is 9.84. The molecule has 0 bridgehead atoms. The number of imide groups is 1. The number of aryl methyl sites for hydroxylation is 2. The van der Waals surface area contributed by atoms with E-state index in [1.54, 1.807) is 28.3 Å². The topological polar surface area (TPSA) is 145 Å². The molecular formula is C43H49F3N8O5. The fraction of sp³-hybridized carbons (Fsp3) is 0.488. The van der Waals surface area contributed by atoms with Gasteiger partial charge in [0.25, 0.3) is 5.91 Å². The number of hydrogen-bond donors (Lipinski definition) is 2. The number of aromatic nitrogens is 5. The number of benzene rings is 2. The Morgan fingerprint density at radius 1 is 0.966 bits per heavy atom. The Balaban J connectivity index is 0.806. The van der Waals surface area contributed by atoms with E-state index in [0.717, 1.165) is 98.7 Å². The normalized spacial score (nSPS) is 20.9. The molecule has 5 aromatic rings. The number of nitrogens with zero attached hydrogens (tertiary/aromatic N) is 6. The van der Waals surface area contributed by atoms with E-state index in [2.05, 4.69) is 26.6 Å². The van der Waals surface area contributed by atoms with Crippen LogP contribution in [0.25, 0.3) is 21.9 Å². The number of pyridine rings is 1. The highest BCUT2D eigenvalue weighted by molar-refractivity contribution is 6.05. The molecule has 3 fully saturated rings. The molecule has 2 aromatic carbocycles. The summed E-state index contributed by atoms with van der Waals surface area (Å²) in [6.45, 7) is 3.29. The number of rotatable bonds is 11. The maximum Gasteiger partial charge on any atom is 0.433 e. The smallest absolute Gasteiger partial charge is 0.433 e. The molecule has 312 valence electrons. The Morgan fingerprint density at radius 3 is 2.46 bits per heavy atom. The van der Waals surface area contributed by atoms with E-state index in [-0.39, 0.29) is 29.8 Å². The third-order valence-corrected chi connectivity index (χ3v) is 12.5. The highest BCUT2D eigenvalue weighted by Gasteiger charge is 2.34. The molecule has 2 N–H and O–H groups in total. The van der Waals surface area contributed by atoms with E-state index in [4.69, 9.17) is 9.84 Å². The van der Waals surface area contributed by atoms with E-state index >= 15 is 0 Å². The second-order valence-electron chi connectivity index (χ2n) is 16.4. The van der Waals surface area contributed by atoms with Gasteiger partial charge in [-0.15, -0.1) is 0 Å². The van der Waals surface area contributed by atoms with Crippen molar-refractivity contribution in [3.8, 4) is 5.75 Å². The minimum Gasteiger partial charge on any atom is -0.494 e. The van der Waals surface area contributed by atoms with Gasteiger partial charge in [-0.05, 0) is 113 Å². The lowest BCUT2D eigenvalue weighted by Gasteiger charge is -2.36. The Kier molecular flexibility index (Phi) is 11.3. The van der Waals surface area contributed by atoms with Gasteiger partial charge in [0, 0.05) is 37.7 Å². The number of methoxy groups -OCH3 is 1. The molecule has 3 aromatic heterocycles. The Bertz CT molecular complexity index is 2440. The fourth-order valence-electron chi connectivity index (χ4n) is 9.38. The molecular weight excluding hydrogens is 766 g/mol. The predicted octanol–water partition coefficient (Wildman–Crippen LogP) is 6.81. The van der Waals surface area contributed by atoms with Gasteiger partial charge in [0.15, 0.2) is 0 Å². The monoisotopic (exact) mass is 814 g/mol. The summed E-state index contributed by atoms with van der Waals surface area (Å²) >= 11 is 0. The summed E-state index contributed by atoms with van der Waals surface area (Å²) in [5, 5.41) is 10.7. The SMILES string of the molecule is COc1cc2nn([C@H]3CC[C@H](CN4CCC(CCCc5cccc6c5n(C)c(=O)n6C5CCC(=O)NC5=O)CC4)CC3)cc2cc1NC(=O)c1cccc(C(F)(F)F)n1. The van der Waals surface area contributed by atoms with Crippen molar-refractivity contribution >= 4 is 45.3 Å². The molecule has 5 heterocycles. The Labute approximate surface area is 338 Å². The lowest BCUT2D eigenvalue weighted by molar-refractivity contribution is -0.141. The van der Waals surface area contributed by atoms with Crippen molar-refractivity contribution in [2.45, 2.75) is 88.9 Å². The minimum absolute atomic E-state index is 0.216. The molecule has 3 amide bonds. The quantitative estimate of drug-likeness (QED) is 0.139. The first-order valence-corrected chi connectivity index (χ1v) is 20.5. The average Bonchev–Trinajstić information content (AvgIpc) is 3.75. The first-order valence-electron chi connectivity index (χ1n) is 20.5. The summed E-state index contributed by atoms with van der Waals surface area (Å²) in [5.74, 6) is 0.140. The van der Waals surface area contributed by atoms with Crippen LogP contribution in [0, 0.1) is 11.8 Å². The molecule has 1 atom stereocenters. The van der Waals surface area contributed by atoms with Crippen LogP contribution in [-0.4, -0.2) is 73.3 Å². The molecule has 8 rings (SSSR count). The summed E-state index contributed by atoms with van der Waals surface area (Å²) in [6.07, 6.45) is 7.40. The lowest BCUT2D eigenvalue weighted by Crippen LogP contribution is -2.44. The third-order valence-electron chi connectivity index (χ3n) is 12.5. The van der Waals surface area contributed by atoms with Gasteiger partial charge >= 0.3 is 11.9 Å². The second kappa shape index (κ2) is 16.6. The van der Waals surface area contributed by atoms with Crippen molar-refractivity contribution in [1.82, 2.24) is 34.1 Å². The molecule has 1 unspecified atom stereocenters. The second-order valence-corrected chi connectivity index (χ2v) is 16.4. The summed E-state index contributed by atoms with van der Waals surface area (Å²) in [6, 6.07) is 12.1. The molecule has 2 saturated heterocycles. The highest BCUT2D eigenvalue weighted by atomic mass is 19.4. The minimum atomic E-state index is -4.66. The number of anilines is 1. The van der Waals surface area contributed by atoms with Crippen molar-refractivity contribution < 1.29 is 32.3 Å². The van der Waals surface area contributed by atoms with Crippen LogP contribution in [0.2, 0.25) is 0 Å². The van der Waals surface area contributed by atoms with Gasteiger partial charge in [-0.1, -0.05) is 24.6 Å². The van der Waals surface area contributed by atoms with Gasteiger partial charge in [0.2, 0.25) is 11.8 Å². The highest BCUT2D eigenvalue weighted by Crippen LogP contribution is 2.37. The van der Waals surface area contributed by atoms with Gasteiger partial charge in [0.05, 0.1) is 35.4 Å². The fourth-order valence-corrected chi connectivity index (χ4v) is 9.38. The number of piperidine rings is 2. The molecule has 13 nitrogen and oxygen atoms in total. The maximum atomic E-state index is 13.3. The van der Waals surface area contributed by atoms with Crippen LogP contribution in [0.5, 0.6) is 5.75 Å². The summed E-state index contributed by atoms with van der Waals surface area (Å²) in [4.78, 5) is 56.7. The Morgan fingerprint density at radius 2 is 1.73 bits per heavy atom. The molecule has 0 spiro atoms. The van der Waals surface area contributed by atoms with Crippen LogP contribution in [-0.2, 0) is 29.2 Å². The van der Waals surface area contributed by atoms with Crippen molar-refractivity contribution in [3.05, 3.63) is 82.2 Å². The standard InChI is InChI=1S/C43H49F3N8O5/c1-51-39-28(8-4-10-34(39)54(42(51)58)35-16-17-38(55)49-41(35)57)7-3-6-26-18-20-52(21-19-26)24-27-12-14-30(15-13-27)53-25-29-22-33(36(59-2)23-32(29)50-53)48-40(56)31-9-5-11-37(47-31)43(44,45)46/h4-5,8-11,22-23,25-27,30,35H,3,6-7,12-21,24H2,1-2H3,(H,48,56)(H,49,55,57)/t27-,30-,35?.